The van der Waals surface area contributed by atoms with E-state index < -0.39 is 0 Å². The fraction of sp³-hybridized carbons (Fsp3) is 0.278. The van der Waals surface area contributed by atoms with E-state index in [0.717, 1.165) is 24.5 Å². The maximum atomic E-state index is 13.5. The Morgan fingerprint density at radius 1 is 1.04 bits per heavy atom. The molecule has 0 aliphatic carbocycles. The molecule has 0 bridgehead atoms. The third-order valence-electron chi connectivity index (χ3n) is 3.96. The van der Waals surface area contributed by atoms with Crippen LogP contribution < -0.4 is 4.90 Å². The van der Waals surface area contributed by atoms with Gasteiger partial charge in [0.2, 0.25) is 0 Å². The SMILES string of the molecule is CCN(CC)c1ccc(N=Nc2c(C)nc3ccc(F)cn23)cc1. The van der Waals surface area contributed by atoms with Gasteiger partial charge in [-0.05, 0) is 57.2 Å². The number of halogens is 1. The molecule has 0 aliphatic heterocycles. The Kier molecular flexibility index (Phi) is 4.55. The molecule has 0 unspecified atom stereocenters. The summed E-state index contributed by atoms with van der Waals surface area (Å²) >= 11 is 0. The molecule has 5 nitrogen and oxygen atoms in total. The first-order valence-electron chi connectivity index (χ1n) is 8.03. The molecule has 2 heterocycles. The molecule has 3 rings (SSSR count). The van der Waals surface area contributed by atoms with Crippen LogP contribution in [0, 0.1) is 12.7 Å². The lowest BCUT2D eigenvalue weighted by molar-refractivity contribution is 0.619. The van der Waals surface area contributed by atoms with Gasteiger partial charge in [-0.2, -0.15) is 0 Å². The zero-order valence-electron chi connectivity index (χ0n) is 14.1. The molecule has 0 fully saturated rings. The average molecular weight is 325 g/mol. The van der Waals surface area contributed by atoms with Crippen LogP contribution in [0.1, 0.15) is 19.5 Å². The second kappa shape index (κ2) is 6.78. The molecule has 0 saturated carbocycles. The van der Waals surface area contributed by atoms with Crippen LogP contribution >= 0.6 is 0 Å². The van der Waals surface area contributed by atoms with E-state index >= 15 is 0 Å². The van der Waals surface area contributed by atoms with E-state index in [4.69, 9.17) is 0 Å². The van der Waals surface area contributed by atoms with E-state index in [0.29, 0.717) is 17.2 Å². The number of benzene rings is 1. The second-order valence-corrected chi connectivity index (χ2v) is 5.49. The maximum absolute atomic E-state index is 13.5. The van der Waals surface area contributed by atoms with Crippen molar-refractivity contribution < 1.29 is 4.39 Å². The fourth-order valence-electron chi connectivity index (χ4n) is 2.67. The summed E-state index contributed by atoms with van der Waals surface area (Å²) in [5.74, 6) is 0.206. The van der Waals surface area contributed by atoms with E-state index in [2.05, 4.69) is 34.0 Å². The van der Waals surface area contributed by atoms with E-state index in [1.165, 1.54) is 12.3 Å². The van der Waals surface area contributed by atoms with Crippen molar-refractivity contribution in [3.63, 3.8) is 0 Å². The quantitative estimate of drug-likeness (QED) is 0.617. The Bertz CT molecular complexity index is 863. The summed E-state index contributed by atoms with van der Waals surface area (Å²) in [7, 11) is 0. The highest BCUT2D eigenvalue weighted by molar-refractivity contribution is 5.54. The summed E-state index contributed by atoms with van der Waals surface area (Å²) in [6.45, 7) is 8.02. The van der Waals surface area contributed by atoms with Gasteiger partial charge in [0.05, 0.1) is 11.4 Å². The van der Waals surface area contributed by atoms with Gasteiger partial charge in [0.25, 0.3) is 0 Å². The van der Waals surface area contributed by atoms with Crippen molar-refractivity contribution in [3.8, 4) is 0 Å². The highest BCUT2D eigenvalue weighted by atomic mass is 19.1. The lowest BCUT2D eigenvalue weighted by Gasteiger charge is -2.20. The smallest absolute Gasteiger partial charge is 0.182 e. The minimum absolute atomic E-state index is 0.333. The minimum Gasteiger partial charge on any atom is -0.372 e. The molecule has 0 aliphatic rings. The standard InChI is InChI=1S/C18H20FN5/c1-4-23(5-2)16-9-7-15(8-10-16)21-22-18-13(3)20-17-11-6-14(19)12-24(17)18/h6-12H,4-5H2,1-3H3. The lowest BCUT2D eigenvalue weighted by Crippen LogP contribution is -2.21. The number of aryl methyl sites for hydroxylation is 1. The van der Waals surface area contributed by atoms with Gasteiger partial charge in [-0.3, -0.25) is 4.40 Å². The monoisotopic (exact) mass is 325 g/mol. The topological polar surface area (TPSA) is 45.3 Å². The Labute approximate surface area is 140 Å². The number of imidazole rings is 1. The van der Waals surface area contributed by atoms with Crippen molar-refractivity contribution in [1.82, 2.24) is 9.38 Å². The summed E-state index contributed by atoms with van der Waals surface area (Å²) in [6.07, 6.45) is 1.37. The molecule has 2 aromatic heterocycles. The predicted molar refractivity (Wildman–Crippen MR) is 94.1 cm³/mol. The number of fused-ring (bicyclic) bond motifs is 1. The molecule has 24 heavy (non-hydrogen) atoms. The molecule has 0 N–H and O–H groups in total. The number of hydrogen-bond acceptors (Lipinski definition) is 4. The molecule has 1 aromatic carbocycles. The van der Waals surface area contributed by atoms with E-state index in [9.17, 15) is 4.39 Å². The van der Waals surface area contributed by atoms with Crippen LogP contribution in [0.15, 0.2) is 52.8 Å². The van der Waals surface area contributed by atoms with Crippen molar-refractivity contribution in [1.29, 1.82) is 0 Å². The number of nitrogens with zero attached hydrogens (tertiary/aromatic N) is 5. The van der Waals surface area contributed by atoms with Gasteiger partial charge in [0.15, 0.2) is 5.82 Å². The summed E-state index contributed by atoms with van der Waals surface area (Å²) < 4.78 is 15.1. The van der Waals surface area contributed by atoms with Crippen molar-refractivity contribution in [2.75, 3.05) is 18.0 Å². The molecule has 6 heteroatoms. The van der Waals surface area contributed by atoms with E-state index in [1.807, 2.05) is 31.2 Å². The second-order valence-electron chi connectivity index (χ2n) is 5.49. The highest BCUT2D eigenvalue weighted by Gasteiger charge is 2.08. The average Bonchev–Trinajstić information content (AvgIpc) is 2.90. The Hall–Kier alpha value is -2.76. The van der Waals surface area contributed by atoms with Crippen LogP contribution in [-0.2, 0) is 0 Å². The first-order valence-corrected chi connectivity index (χ1v) is 8.03. The molecular weight excluding hydrogens is 305 g/mol. The van der Waals surface area contributed by atoms with Gasteiger partial charge in [0.1, 0.15) is 11.5 Å². The molecule has 0 atom stereocenters. The number of pyridine rings is 1. The zero-order chi connectivity index (χ0) is 17.1. The summed E-state index contributed by atoms with van der Waals surface area (Å²) in [5.41, 5.74) is 3.27. The number of azo groups is 1. The minimum atomic E-state index is -0.333. The Morgan fingerprint density at radius 2 is 1.75 bits per heavy atom. The Morgan fingerprint density at radius 3 is 2.42 bits per heavy atom. The molecule has 124 valence electrons. The maximum Gasteiger partial charge on any atom is 0.182 e. The number of anilines is 1. The third kappa shape index (κ3) is 3.13. The van der Waals surface area contributed by atoms with Crippen molar-refractivity contribution in [2.45, 2.75) is 20.8 Å². The third-order valence-corrected chi connectivity index (χ3v) is 3.96. The van der Waals surface area contributed by atoms with Crippen molar-refractivity contribution in [3.05, 3.63) is 54.1 Å². The van der Waals surface area contributed by atoms with E-state index in [-0.39, 0.29) is 5.82 Å². The normalized spacial score (nSPS) is 11.5. The molecule has 0 radical (unpaired) electrons. The first-order chi connectivity index (χ1) is 11.6. The molecule has 0 spiro atoms. The van der Waals surface area contributed by atoms with Crippen molar-refractivity contribution in [2.24, 2.45) is 10.2 Å². The number of aromatic nitrogens is 2. The van der Waals surface area contributed by atoms with Gasteiger partial charge in [-0.25, -0.2) is 9.37 Å². The molecule has 0 saturated heterocycles. The molecular formula is C18H20FN5. The van der Waals surface area contributed by atoms with Gasteiger partial charge < -0.3 is 4.90 Å². The Balaban J connectivity index is 1.88. The summed E-state index contributed by atoms with van der Waals surface area (Å²) in [6, 6.07) is 10.9. The zero-order valence-corrected chi connectivity index (χ0v) is 14.1. The van der Waals surface area contributed by atoms with Gasteiger partial charge in [-0.15, -0.1) is 10.2 Å². The van der Waals surface area contributed by atoms with Crippen LogP contribution in [0.3, 0.4) is 0 Å². The van der Waals surface area contributed by atoms with Gasteiger partial charge >= 0.3 is 0 Å². The van der Waals surface area contributed by atoms with Gasteiger partial charge in [0, 0.05) is 25.0 Å². The van der Waals surface area contributed by atoms with E-state index in [1.54, 1.807) is 10.5 Å². The molecule has 3 aromatic rings. The lowest BCUT2D eigenvalue weighted by atomic mass is 10.2. The highest BCUT2D eigenvalue weighted by Crippen LogP contribution is 2.25. The van der Waals surface area contributed by atoms with Gasteiger partial charge in [-0.1, -0.05) is 0 Å². The molecule has 0 amide bonds. The fourth-order valence-corrected chi connectivity index (χ4v) is 2.67. The largest absolute Gasteiger partial charge is 0.372 e. The van der Waals surface area contributed by atoms with Crippen LogP contribution in [0.2, 0.25) is 0 Å². The van der Waals surface area contributed by atoms with Crippen LogP contribution in [0.4, 0.5) is 21.6 Å². The van der Waals surface area contributed by atoms with Crippen LogP contribution in [0.5, 0.6) is 0 Å². The van der Waals surface area contributed by atoms with Crippen molar-refractivity contribution >= 4 is 22.8 Å². The first kappa shape index (κ1) is 16.1. The number of rotatable bonds is 5. The number of hydrogen-bond donors (Lipinski definition) is 0. The summed E-state index contributed by atoms with van der Waals surface area (Å²) in [5, 5.41) is 8.53. The van der Waals surface area contributed by atoms with Crippen LogP contribution in [0.25, 0.3) is 5.65 Å². The summed E-state index contributed by atoms with van der Waals surface area (Å²) in [4.78, 5) is 6.62. The van der Waals surface area contributed by atoms with Crippen LogP contribution in [-0.4, -0.2) is 22.5 Å². The predicted octanol–water partition coefficient (Wildman–Crippen LogP) is 5.04.